The van der Waals surface area contributed by atoms with E-state index >= 15 is 0 Å². The number of nitrogens with zero attached hydrogens (tertiary/aromatic N) is 1. The zero-order chi connectivity index (χ0) is 28.0. The van der Waals surface area contributed by atoms with Crippen molar-refractivity contribution in [2.75, 3.05) is 6.26 Å². The van der Waals surface area contributed by atoms with E-state index in [1.54, 1.807) is 18.3 Å². The van der Waals surface area contributed by atoms with Crippen LogP contribution in [-0.4, -0.2) is 43.6 Å². The molecule has 1 aromatic carbocycles. The minimum Gasteiger partial charge on any atom is -0.349 e. The molecule has 1 aliphatic heterocycles. The number of carbonyl (C=O) groups excluding carboxylic acids is 2. The first kappa shape index (κ1) is 28.9. The normalized spacial score (nSPS) is 24.3. The van der Waals surface area contributed by atoms with E-state index in [0.717, 1.165) is 41.8 Å². The molecule has 39 heavy (non-hydrogen) atoms. The zero-order valence-corrected chi connectivity index (χ0v) is 24.1. The molecule has 1 fully saturated rings. The van der Waals surface area contributed by atoms with Crippen molar-refractivity contribution in [3.8, 4) is 0 Å². The van der Waals surface area contributed by atoms with Crippen LogP contribution < -0.4 is 15.4 Å². The first-order valence-corrected chi connectivity index (χ1v) is 16.0. The Bertz CT molecular complexity index is 1370. The summed E-state index contributed by atoms with van der Waals surface area (Å²) in [6, 6.07) is 6.64. The number of carbonyl (C=O) groups is 2. The van der Waals surface area contributed by atoms with Crippen molar-refractivity contribution < 1.29 is 18.0 Å². The van der Waals surface area contributed by atoms with Gasteiger partial charge in [-0.15, -0.1) is 11.3 Å². The molecule has 3 N–H and O–H groups in total. The third-order valence-corrected chi connectivity index (χ3v) is 8.82. The maximum atomic E-state index is 13.7. The van der Waals surface area contributed by atoms with Gasteiger partial charge in [0.1, 0.15) is 5.01 Å². The molecule has 10 heteroatoms. The van der Waals surface area contributed by atoms with E-state index in [0.29, 0.717) is 17.7 Å². The minimum atomic E-state index is -3.25. The summed E-state index contributed by atoms with van der Waals surface area (Å²) in [4.78, 5) is 31.2. The van der Waals surface area contributed by atoms with Gasteiger partial charge < -0.3 is 10.6 Å². The second-order valence-electron chi connectivity index (χ2n) is 10.2. The fourth-order valence-electron chi connectivity index (χ4n) is 5.20. The van der Waals surface area contributed by atoms with Crippen molar-refractivity contribution in [1.82, 2.24) is 20.3 Å². The van der Waals surface area contributed by atoms with Gasteiger partial charge in [-0.2, -0.15) is 0 Å². The molecular weight excluding hydrogens is 532 g/mol. The molecule has 1 aliphatic carbocycles. The van der Waals surface area contributed by atoms with Gasteiger partial charge in [0, 0.05) is 23.2 Å². The highest BCUT2D eigenvalue weighted by Crippen LogP contribution is 2.35. The summed E-state index contributed by atoms with van der Waals surface area (Å²) in [7, 11) is -3.25. The standard InChI is InChI=1S/C29H36N4O4S2/c1-4-19(2)9-12-21(17-20-10-13-22(14-11-20)33-39(3,36)37)27-26(29(35)31-18-25-30-15-16-38-25)23-7-5-6-8-24(23)28(34)32-27/h4-9,12,15-17,20,22,26-27,33H,10-11,13-14,18H2,1-3H3,(H,31,35)(H,32,34)/b12-9-,19-4-,21-17-/t20?,22?,26-,27+/m1/s1. The molecule has 208 valence electrons. The van der Waals surface area contributed by atoms with Crippen molar-refractivity contribution in [2.24, 2.45) is 5.92 Å². The number of rotatable bonds is 9. The number of allylic oxidation sites excluding steroid dienone is 4. The smallest absolute Gasteiger partial charge is 0.252 e. The van der Waals surface area contributed by atoms with Gasteiger partial charge in [0.05, 0.1) is 24.8 Å². The van der Waals surface area contributed by atoms with Crippen LogP contribution in [-0.2, 0) is 21.4 Å². The third kappa shape index (κ3) is 7.74. The zero-order valence-electron chi connectivity index (χ0n) is 22.5. The Balaban J connectivity index is 1.66. The molecule has 4 rings (SSSR count). The van der Waals surface area contributed by atoms with Crippen LogP contribution in [0.25, 0.3) is 0 Å². The molecule has 8 nitrogen and oxygen atoms in total. The Morgan fingerprint density at radius 3 is 2.59 bits per heavy atom. The average Bonchev–Trinajstić information content (AvgIpc) is 3.43. The van der Waals surface area contributed by atoms with Crippen LogP contribution in [0.4, 0.5) is 0 Å². The Labute approximate surface area is 234 Å². The van der Waals surface area contributed by atoms with E-state index < -0.39 is 22.0 Å². The lowest BCUT2D eigenvalue weighted by Gasteiger charge is -2.35. The predicted molar refractivity (Wildman–Crippen MR) is 155 cm³/mol. The summed E-state index contributed by atoms with van der Waals surface area (Å²) in [6.45, 7) is 4.29. The number of sulfonamides is 1. The summed E-state index contributed by atoms with van der Waals surface area (Å²) in [6.07, 6.45) is 14.1. The molecule has 1 aromatic heterocycles. The van der Waals surface area contributed by atoms with Crippen molar-refractivity contribution >= 4 is 33.2 Å². The van der Waals surface area contributed by atoms with Gasteiger partial charge in [-0.25, -0.2) is 18.1 Å². The van der Waals surface area contributed by atoms with E-state index in [2.05, 4.69) is 26.4 Å². The molecule has 2 aromatic rings. The lowest BCUT2D eigenvalue weighted by molar-refractivity contribution is -0.123. The van der Waals surface area contributed by atoms with Gasteiger partial charge in [0.25, 0.3) is 5.91 Å². The van der Waals surface area contributed by atoms with Crippen LogP contribution in [0.15, 0.2) is 71.3 Å². The van der Waals surface area contributed by atoms with Crippen LogP contribution in [0.1, 0.15) is 66.4 Å². The lowest BCUT2D eigenvalue weighted by Crippen LogP contribution is -2.50. The minimum absolute atomic E-state index is 0.0699. The van der Waals surface area contributed by atoms with Crippen LogP contribution in [0.5, 0.6) is 0 Å². The van der Waals surface area contributed by atoms with E-state index in [1.165, 1.54) is 17.6 Å². The number of nitrogens with one attached hydrogen (secondary N) is 3. The molecule has 0 spiro atoms. The average molecular weight is 569 g/mol. The molecule has 2 heterocycles. The highest BCUT2D eigenvalue weighted by atomic mass is 32.2. The third-order valence-electron chi connectivity index (χ3n) is 7.27. The Morgan fingerprint density at radius 2 is 1.92 bits per heavy atom. The summed E-state index contributed by atoms with van der Waals surface area (Å²) in [5, 5.41) is 8.84. The fraction of sp³-hybridized carbons (Fsp3) is 0.414. The Morgan fingerprint density at radius 1 is 1.18 bits per heavy atom. The van der Waals surface area contributed by atoms with Gasteiger partial charge in [0.2, 0.25) is 15.9 Å². The summed E-state index contributed by atoms with van der Waals surface area (Å²) < 4.78 is 26.1. The number of thiazole rings is 1. The summed E-state index contributed by atoms with van der Waals surface area (Å²) in [5.74, 6) is -0.807. The largest absolute Gasteiger partial charge is 0.349 e. The first-order valence-electron chi connectivity index (χ1n) is 13.2. The number of hydrogen-bond donors (Lipinski definition) is 3. The Kier molecular flexibility index (Phi) is 9.53. The van der Waals surface area contributed by atoms with E-state index in [-0.39, 0.29) is 23.8 Å². The van der Waals surface area contributed by atoms with Crippen LogP contribution in [0.2, 0.25) is 0 Å². The van der Waals surface area contributed by atoms with Crippen molar-refractivity contribution in [3.63, 3.8) is 0 Å². The monoisotopic (exact) mass is 568 g/mol. The van der Waals surface area contributed by atoms with Crippen molar-refractivity contribution in [1.29, 1.82) is 0 Å². The number of aromatic nitrogens is 1. The number of amides is 2. The van der Waals surface area contributed by atoms with Crippen LogP contribution >= 0.6 is 11.3 Å². The quantitative estimate of drug-likeness (QED) is 0.392. The van der Waals surface area contributed by atoms with Crippen molar-refractivity contribution in [2.45, 2.75) is 64.1 Å². The molecule has 0 saturated heterocycles. The van der Waals surface area contributed by atoms with Gasteiger partial charge in [-0.1, -0.05) is 48.1 Å². The molecule has 0 radical (unpaired) electrons. The topological polar surface area (TPSA) is 117 Å². The van der Waals surface area contributed by atoms with E-state index in [4.69, 9.17) is 0 Å². The highest BCUT2D eigenvalue weighted by molar-refractivity contribution is 7.88. The predicted octanol–water partition coefficient (Wildman–Crippen LogP) is 4.21. The Hall–Kier alpha value is -3.08. The SMILES string of the molecule is C\C=C(C)/C=C\C(=C\C1CCC(NS(C)(=O)=O)CC1)[C@@H]1NC(=O)c2ccccc2[C@H]1C(=O)NCc1nccs1. The maximum absolute atomic E-state index is 13.7. The molecule has 0 unspecified atom stereocenters. The van der Waals surface area contributed by atoms with Crippen LogP contribution in [0.3, 0.4) is 0 Å². The second kappa shape index (κ2) is 12.8. The molecule has 2 amide bonds. The fourth-order valence-corrected chi connectivity index (χ4v) is 6.60. The lowest BCUT2D eigenvalue weighted by atomic mass is 9.78. The molecular formula is C29H36N4O4S2. The molecule has 0 bridgehead atoms. The molecule has 2 atom stereocenters. The second-order valence-corrected chi connectivity index (χ2v) is 13.0. The molecule has 2 aliphatic rings. The van der Waals surface area contributed by atoms with Gasteiger partial charge in [-0.3, -0.25) is 9.59 Å². The van der Waals surface area contributed by atoms with Crippen molar-refractivity contribution in [3.05, 3.63) is 87.4 Å². The van der Waals surface area contributed by atoms with E-state index in [1.807, 2.05) is 49.6 Å². The number of benzene rings is 1. The van der Waals surface area contributed by atoms with Crippen LogP contribution in [0, 0.1) is 5.92 Å². The van der Waals surface area contributed by atoms with E-state index in [9.17, 15) is 18.0 Å². The summed E-state index contributed by atoms with van der Waals surface area (Å²) in [5.41, 5.74) is 3.14. The maximum Gasteiger partial charge on any atom is 0.252 e. The van der Waals surface area contributed by atoms with Gasteiger partial charge in [-0.05, 0) is 62.7 Å². The summed E-state index contributed by atoms with van der Waals surface area (Å²) >= 11 is 1.48. The first-order chi connectivity index (χ1) is 18.6. The highest BCUT2D eigenvalue weighted by Gasteiger charge is 2.39. The number of fused-ring (bicyclic) bond motifs is 1. The number of hydrogen-bond acceptors (Lipinski definition) is 6. The molecule has 1 saturated carbocycles. The van der Waals surface area contributed by atoms with Gasteiger partial charge >= 0.3 is 0 Å². The van der Waals surface area contributed by atoms with Gasteiger partial charge in [0.15, 0.2) is 0 Å².